The summed E-state index contributed by atoms with van der Waals surface area (Å²) in [5, 5.41) is 5.77. The molecule has 39 heavy (non-hydrogen) atoms. The van der Waals surface area contributed by atoms with Crippen molar-refractivity contribution in [3.8, 4) is 0 Å². The number of alkyl halides is 1. The molecule has 0 saturated carbocycles. The number of unbranched alkanes of at least 4 members (excludes halogenated alkanes) is 7. The van der Waals surface area contributed by atoms with Crippen LogP contribution in [0.25, 0.3) is 0 Å². The fourth-order valence-corrected chi connectivity index (χ4v) is 11.9. The van der Waals surface area contributed by atoms with Crippen LogP contribution in [0, 0.1) is 0 Å². The third-order valence-corrected chi connectivity index (χ3v) is 13.5. The Morgan fingerprint density at radius 1 is 0.615 bits per heavy atom. The van der Waals surface area contributed by atoms with Gasteiger partial charge in [0.25, 0.3) is 0 Å². The van der Waals surface area contributed by atoms with Crippen molar-refractivity contribution in [1.82, 2.24) is 0 Å². The average molecular weight is 557 g/mol. The Kier molecular flexibility index (Phi) is 13.9. The Morgan fingerprint density at radius 3 is 1.46 bits per heavy atom. The van der Waals surface area contributed by atoms with Gasteiger partial charge in [-0.2, -0.15) is 0 Å². The predicted molar refractivity (Wildman–Crippen MR) is 178 cm³/mol. The minimum atomic E-state index is -2.56. The molecule has 2 heteroatoms. The second-order valence-electron chi connectivity index (χ2n) is 11.1. The first-order chi connectivity index (χ1) is 19.1. The number of halogens is 1. The maximum Gasteiger partial charge on any atom is 0.176 e. The molecular formula is C37H49ClSi. The summed E-state index contributed by atoms with van der Waals surface area (Å²) in [7, 11) is -2.56. The summed E-state index contributed by atoms with van der Waals surface area (Å²) < 4.78 is 0. The molecule has 0 fully saturated rings. The van der Waals surface area contributed by atoms with E-state index in [0.717, 1.165) is 19.3 Å². The Labute approximate surface area is 245 Å². The molecule has 0 amide bonds. The van der Waals surface area contributed by atoms with Crippen molar-refractivity contribution in [2.24, 2.45) is 0 Å². The molecule has 0 radical (unpaired) electrons. The van der Waals surface area contributed by atoms with Gasteiger partial charge in [-0.05, 0) is 55.1 Å². The van der Waals surface area contributed by atoms with E-state index in [-0.39, 0.29) is 0 Å². The maximum absolute atomic E-state index is 7.11. The molecule has 0 aliphatic rings. The summed E-state index contributed by atoms with van der Waals surface area (Å²) in [5.74, 6) is 0.575. The second kappa shape index (κ2) is 17.4. The van der Waals surface area contributed by atoms with Crippen molar-refractivity contribution < 1.29 is 0 Å². The van der Waals surface area contributed by atoms with E-state index < -0.39 is 8.07 Å². The van der Waals surface area contributed by atoms with Crippen LogP contribution >= 0.6 is 11.6 Å². The molecule has 3 aromatic rings. The molecule has 0 atom stereocenters. The van der Waals surface area contributed by atoms with Crippen LogP contribution in [0.4, 0.5) is 0 Å². The van der Waals surface area contributed by atoms with Gasteiger partial charge in [0, 0.05) is 5.88 Å². The molecule has 0 heterocycles. The molecule has 0 saturated heterocycles. The van der Waals surface area contributed by atoms with Crippen LogP contribution in [0.1, 0.15) is 91.4 Å². The first-order valence-electron chi connectivity index (χ1n) is 15.2. The average Bonchev–Trinajstić information content (AvgIpc) is 2.98. The summed E-state index contributed by atoms with van der Waals surface area (Å²) >= 11 is 7.11. The molecule has 0 nitrogen and oxygen atoms in total. The Bertz CT molecular complexity index is 1030. The molecule has 3 aromatic carbocycles. The number of allylic oxidation sites excluding steroid dienone is 4. The van der Waals surface area contributed by atoms with E-state index in [9.17, 15) is 0 Å². The van der Waals surface area contributed by atoms with Gasteiger partial charge >= 0.3 is 0 Å². The Morgan fingerprint density at radius 2 is 1.05 bits per heavy atom. The van der Waals surface area contributed by atoms with Crippen LogP contribution in [-0.4, -0.2) is 14.0 Å². The van der Waals surface area contributed by atoms with Gasteiger partial charge in [-0.1, -0.05) is 165 Å². The summed E-state index contributed by atoms with van der Waals surface area (Å²) in [5.41, 5.74) is 2.99. The molecule has 0 N–H and O–H groups in total. The number of hydrogen-bond donors (Lipinski definition) is 0. The lowest BCUT2D eigenvalue weighted by atomic mass is 10.0. The zero-order valence-corrected chi connectivity index (χ0v) is 26.4. The van der Waals surface area contributed by atoms with E-state index in [4.69, 9.17) is 11.6 Å². The molecule has 0 aromatic heterocycles. The van der Waals surface area contributed by atoms with Gasteiger partial charge in [-0.25, -0.2) is 0 Å². The smallest absolute Gasteiger partial charge is 0.122 e. The fraction of sp³-hybridized carbons (Fsp3) is 0.405. The highest BCUT2D eigenvalue weighted by atomic mass is 35.5. The van der Waals surface area contributed by atoms with E-state index in [1.54, 1.807) is 5.57 Å². The zero-order valence-electron chi connectivity index (χ0n) is 24.6. The van der Waals surface area contributed by atoms with Crippen LogP contribution in [0.2, 0.25) is 0 Å². The molecule has 0 spiro atoms. The molecule has 0 aliphatic heterocycles. The summed E-state index contributed by atoms with van der Waals surface area (Å²) in [6.07, 6.45) is 16.5. The van der Waals surface area contributed by atoms with Crippen molar-refractivity contribution in [2.75, 3.05) is 5.88 Å². The lowest BCUT2D eigenvalue weighted by Gasteiger charge is -2.37. The highest BCUT2D eigenvalue weighted by Crippen LogP contribution is 2.28. The molecule has 3 rings (SSSR count). The fourth-order valence-electron chi connectivity index (χ4n) is 5.98. The number of benzene rings is 3. The van der Waals surface area contributed by atoms with Gasteiger partial charge in [-0.3, -0.25) is 0 Å². The van der Waals surface area contributed by atoms with Gasteiger partial charge in [0.15, 0.2) is 8.07 Å². The van der Waals surface area contributed by atoms with E-state index in [1.165, 1.54) is 77.7 Å². The van der Waals surface area contributed by atoms with E-state index in [1.807, 2.05) is 0 Å². The first-order valence-corrected chi connectivity index (χ1v) is 17.7. The summed E-state index contributed by atoms with van der Waals surface area (Å²) in [4.78, 5) is 0. The Balaban J connectivity index is 2.11. The first kappa shape index (κ1) is 31.2. The highest BCUT2D eigenvalue weighted by Gasteiger charge is 2.43. The SMILES string of the molecule is CCCCCCCCCC/C(CCC=C(C)C)=C(/CCl)[Si](c1ccccc1)(c1ccccc1)c1ccccc1. The minimum absolute atomic E-state index is 0.575. The Hall–Kier alpha value is -2.35. The van der Waals surface area contributed by atoms with Crippen molar-refractivity contribution in [3.05, 3.63) is 113 Å². The molecule has 0 bridgehead atoms. The van der Waals surface area contributed by atoms with Crippen LogP contribution in [0.15, 0.2) is 113 Å². The van der Waals surface area contributed by atoms with Gasteiger partial charge in [0.1, 0.15) is 0 Å². The molecular weight excluding hydrogens is 508 g/mol. The topological polar surface area (TPSA) is 0 Å². The summed E-state index contributed by atoms with van der Waals surface area (Å²) in [6.45, 7) is 6.71. The number of rotatable bonds is 17. The predicted octanol–water partition coefficient (Wildman–Crippen LogP) is 9.51. The van der Waals surface area contributed by atoms with Crippen molar-refractivity contribution >= 4 is 35.2 Å². The molecule has 208 valence electrons. The largest absolute Gasteiger partial charge is 0.176 e. The molecule has 0 aliphatic carbocycles. The van der Waals surface area contributed by atoms with Crippen molar-refractivity contribution in [2.45, 2.75) is 91.4 Å². The van der Waals surface area contributed by atoms with Crippen molar-refractivity contribution in [1.29, 1.82) is 0 Å². The van der Waals surface area contributed by atoms with E-state index >= 15 is 0 Å². The van der Waals surface area contributed by atoms with E-state index in [0.29, 0.717) is 5.88 Å². The standard InChI is InChI=1S/C37H49ClSi/c1-4-5-6-7-8-9-10-14-23-33(24-21-22-32(2)3)37(31-38)39(34-25-15-11-16-26-34,35-27-17-12-18-28-35)36-29-19-13-20-30-36/h11-13,15-20,22,25-30H,4-10,14,21,23-24,31H2,1-3H3/b37-33+. The monoisotopic (exact) mass is 556 g/mol. The third-order valence-electron chi connectivity index (χ3n) is 7.96. The molecule has 0 unspecified atom stereocenters. The van der Waals surface area contributed by atoms with Crippen LogP contribution in [0.5, 0.6) is 0 Å². The van der Waals surface area contributed by atoms with Crippen LogP contribution in [0.3, 0.4) is 0 Å². The summed E-state index contributed by atoms with van der Waals surface area (Å²) in [6, 6.07) is 33.7. The highest BCUT2D eigenvalue weighted by molar-refractivity contribution is 7.16. The second-order valence-corrected chi connectivity index (χ2v) is 15.2. The van der Waals surface area contributed by atoms with Gasteiger partial charge in [0.05, 0.1) is 0 Å². The maximum atomic E-state index is 7.11. The van der Waals surface area contributed by atoms with Gasteiger partial charge in [0.2, 0.25) is 0 Å². The zero-order chi connectivity index (χ0) is 27.8. The van der Waals surface area contributed by atoms with Crippen LogP contribution < -0.4 is 15.6 Å². The van der Waals surface area contributed by atoms with Gasteiger partial charge in [-0.15, -0.1) is 11.6 Å². The number of hydrogen-bond acceptors (Lipinski definition) is 0. The quantitative estimate of drug-likeness (QED) is 0.0510. The van der Waals surface area contributed by atoms with Crippen molar-refractivity contribution in [3.63, 3.8) is 0 Å². The third kappa shape index (κ3) is 8.82. The van der Waals surface area contributed by atoms with E-state index in [2.05, 4.69) is 118 Å². The van der Waals surface area contributed by atoms with Gasteiger partial charge < -0.3 is 0 Å². The van der Waals surface area contributed by atoms with Crippen LogP contribution in [-0.2, 0) is 0 Å². The minimum Gasteiger partial charge on any atom is -0.122 e. The lowest BCUT2D eigenvalue weighted by molar-refractivity contribution is 0.572. The normalized spacial score (nSPS) is 12.2. The lowest BCUT2D eigenvalue weighted by Crippen LogP contribution is -2.69.